The molecule has 164 valence electrons. The second-order valence-electron chi connectivity index (χ2n) is 8.72. The van der Waals surface area contributed by atoms with Crippen LogP contribution >= 0.6 is 0 Å². The summed E-state index contributed by atoms with van der Waals surface area (Å²) in [5.74, 6) is -1.05. The first-order valence-electron chi connectivity index (χ1n) is 10.7. The monoisotopic (exact) mass is 431 g/mol. The van der Waals surface area contributed by atoms with Crippen LogP contribution in [0.5, 0.6) is 0 Å². The summed E-state index contributed by atoms with van der Waals surface area (Å²) in [7, 11) is 0. The number of carbonyl (C=O) groups excluding carboxylic acids is 2. The largest absolute Gasteiger partial charge is 0.375 e. The summed E-state index contributed by atoms with van der Waals surface area (Å²) in [5, 5.41) is 11.5. The summed E-state index contributed by atoms with van der Waals surface area (Å²) in [6.45, 7) is 6.53. The van der Waals surface area contributed by atoms with Crippen LogP contribution in [0.2, 0.25) is 0 Å². The number of aliphatic hydroxyl groups is 1. The van der Waals surface area contributed by atoms with Crippen LogP contribution in [0.4, 0.5) is 10.1 Å². The highest BCUT2D eigenvalue weighted by Crippen LogP contribution is 2.43. The van der Waals surface area contributed by atoms with Crippen LogP contribution in [0.25, 0.3) is 0 Å². The Kier molecular flexibility index (Phi) is 5.70. The average Bonchev–Trinajstić information content (AvgIpc) is 2.97. The third-order valence-electron chi connectivity index (χ3n) is 6.19. The normalized spacial score (nSPS) is 17.7. The van der Waals surface area contributed by atoms with E-state index in [2.05, 4.69) is 26.0 Å². The Morgan fingerprint density at radius 3 is 2.44 bits per heavy atom. The number of hydrogen-bond acceptors (Lipinski definition) is 3. The van der Waals surface area contributed by atoms with Crippen molar-refractivity contribution in [2.45, 2.75) is 45.3 Å². The number of Topliss-reactive ketones (excluding diaryl/α,β-unsaturated/α-hetero) is 1. The van der Waals surface area contributed by atoms with Crippen molar-refractivity contribution in [2.24, 2.45) is 0 Å². The standard InChI is InChI=1S/C27H26FNO3/c1-17(2)20-9-8-18(3)21(14-20)16-29-24-7-5-4-6-23(24)27(32,26(29)31)15-25(30)19-10-12-22(28)13-11-19/h4-14,17,32H,15-16H2,1-3H3. The molecule has 3 aromatic carbocycles. The fourth-order valence-corrected chi connectivity index (χ4v) is 4.20. The highest BCUT2D eigenvalue weighted by Gasteiger charge is 2.50. The van der Waals surface area contributed by atoms with E-state index in [9.17, 15) is 19.1 Å². The fourth-order valence-electron chi connectivity index (χ4n) is 4.20. The molecule has 0 spiro atoms. The number of fused-ring (bicyclic) bond motifs is 1. The molecule has 1 amide bonds. The van der Waals surface area contributed by atoms with Crippen LogP contribution in [-0.4, -0.2) is 16.8 Å². The third-order valence-corrected chi connectivity index (χ3v) is 6.19. The highest BCUT2D eigenvalue weighted by atomic mass is 19.1. The Labute approximate surface area is 187 Å². The Morgan fingerprint density at radius 2 is 1.75 bits per heavy atom. The van der Waals surface area contributed by atoms with Gasteiger partial charge in [-0.25, -0.2) is 4.39 Å². The zero-order chi connectivity index (χ0) is 23.0. The van der Waals surface area contributed by atoms with Crippen LogP contribution in [0.15, 0.2) is 66.7 Å². The number of amides is 1. The van der Waals surface area contributed by atoms with Gasteiger partial charge in [0, 0.05) is 11.1 Å². The first-order chi connectivity index (χ1) is 15.2. The van der Waals surface area contributed by atoms with Crippen molar-refractivity contribution in [3.05, 3.63) is 100 Å². The minimum Gasteiger partial charge on any atom is -0.375 e. The Hall–Kier alpha value is -3.31. The predicted octanol–water partition coefficient (Wildman–Crippen LogP) is 5.26. The van der Waals surface area contributed by atoms with Crippen molar-refractivity contribution in [2.75, 3.05) is 4.90 Å². The lowest BCUT2D eigenvalue weighted by Crippen LogP contribution is -2.41. The summed E-state index contributed by atoms with van der Waals surface area (Å²) >= 11 is 0. The Morgan fingerprint density at radius 1 is 1.06 bits per heavy atom. The van der Waals surface area contributed by atoms with E-state index in [1.54, 1.807) is 23.1 Å². The lowest BCUT2D eigenvalue weighted by Gasteiger charge is -2.24. The molecule has 1 unspecified atom stereocenters. The van der Waals surface area contributed by atoms with E-state index in [1.165, 1.54) is 29.8 Å². The first kappa shape index (κ1) is 21.9. The molecule has 5 heteroatoms. The Bertz CT molecular complexity index is 1190. The maximum absolute atomic E-state index is 13.5. The molecular weight excluding hydrogens is 405 g/mol. The molecular formula is C27H26FNO3. The van der Waals surface area contributed by atoms with Gasteiger partial charge in [0.25, 0.3) is 5.91 Å². The molecule has 0 saturated carbocycles. The minimum atomic E-state index is -1.97. The molecule has 1 aliphatic rings. The van der Waals surface area contributed by atoms with Crippen molar-refractivity contribution < 1.29 is 19.1 Å². The molecule has 32 heavy (non-hydrogen) atoms. The molecule has 0 fully saturated rings. The van der Waals surface area contributed by atoms with Gasteiger partial charge in [0.1, 0.15) is 5.82 Å². The quantitative estimate of drug-likeness (QED) is 0.541. The molecule has 0 aliphatic carbocycles. The first-order valence-corrected chi connectivity index (χ1v) is 10.7. The summed E-state index contributed by atoms with van der Waals surface area (Å²) < 4.78 is 13.2. The SMILES string of the molecule is Cc1ccc(C(C)C)cc1CN1C(=O)C(O)(CC(=O)c2ccc(F)cc2)c2ccccc21. The topological polar surface area (TPSA) is 57.6 Å². The van der Waals surface area contributed by atoms with Crippen molar-refractivity contribution in [1.82, 2.24) is 0 Å². The summed E-state index contributed by atoms with van der Waals surface area (Å²) in [6, 6.07) is 18.4. The molecule has 1 heterocycles. The van der Waals surface area contributed by atoms with E-state index >= 15 is 0 Å². The predicted molar refractivity (Wildman–Crippen MR) is 122 cm³/mol. The Balaban J connectivity index is 1.69. The molecule has 1 atom stereocenters. The number of nitrogens with zero attached hydrogens (tertiary/aromatic N) is 1. The summed E-state index contributed by atoms with van der Waals surface area (Å²) in [4.78, 5) is 27.9. The van der Waals surface area contributed by atoms with Crippen LogP contribution in [-0.2, 0) is 16.9 Å². The number of carbonyl (C=O) groups is 2. The number of rotatable bonds is 6. The van der Waals surface area contributed by atoms with Gasteiger partial charge in [-0.15, -0.1) is 0 Å². The maximum atomic E-state index is 13.5. The van der Waals surface area contributed by atoms with Gasteiger partial charge in [0.2, 0.25) is 0 Å². The van der Waals surface area contributed by atoms with Crippen molar-refractivity contribution >= 4 is 17.4 Å². The molecule has 1 N–H and O–H groups in total. The molecule has 3 aromatic rings. The fraction of sp³-hybridized carbons (Fsp3) is 0.259. The van der Waals surface area contributed by atoms with E-state index in [1.807, 2.05) is 19.1 Å². The number of hydrogen-bond donors (Lipinski definition) is 1. The number of aryl methyl sites for hydroxylation is 1. The van der Waals surface area contributed by atoms with Crippen LogP contribution in [0.1, 0.15) is 58.8 Å². The van der Waals surface area contributed by atoms with Crippen LogP contribution in [0, 0.1) is 12.7 Å². The summed E-state index contributed by atoms with van der Waals surface area (Å²) in [6.07, 6.45) is -0.407. The van der Waals surface area contributed by atoms with E-state index in [-0.39, 0.29) is 5.56 Å². The zero-order valence-electron chi connectivity index (χ0n) is 18.4. The van der Waals surface area contributed by atoms with E-state index in [4.69, 9.17) is 0 Å². The number of benzene rings is 3. The number of anilines is 1. The lowest BCUT2D eigenvalue weighted by atomic mass is 9.88. The van der Waals surface area contributed by atoms with Crippen molar-refractivity contribution in [1.29, 1.82) is 0 Å². The van der Waals surface area contributed by atoms with Crippen molar-refractivity contribution in [3.8, 4) is 0 Å². The van der Waals surface area contributed by atoms with E-state index in [0.717, 1.165) is 11.1 Å². The van der Waals surface area contributed by atoms with Gasteiger partial charge in [-0.3, -0.25) is 9.59 Å². The second-order valence-corrected chi connectivity index (χ2v) is 8.72. The van der Waals surface area contributed by atoms with Gasteiger partial charge >= 0.3 is 0 Å². The zero-order valence-corrected chi connectivity index (χ0v) is 18.4. The van der Waals surface area contributed by atoms with Gasteiger partial charge in [0.15, 0.2) is 11.4 Å². The van der Waals surface area contributed by atoms with Crippen LogP contribution in [0.3, 0.4) is 0 Å². The lowest BCUT2D eigenvalue weighted by molar-refractivity contribution is -0.136. The summed E-state index contributed by atoms with van der Waals surface area (Å²) in [5.41, 5.74) is 2.52. The molecule has 1 aliphatic heterocycles. The molecule has 0 aromatic heterocycles. The molecule has 4 rings (SSSR count). The van der Waals surface area contributed by atoms with Gasteiger partial charge in [-0.1, -0.05) is 50.2 Å². The third kappa shape index (κ3) is 3.84. The molecule has 0 saturated heterocycles. The minimum absolute atomic E-state index is 0.254. The molecule has 0 bridgehead atoms. The highest BCUT2D eigenvalue weighted by molar-refractivity contribution is 6.10. The number of para-hydroxylation sites is 1. The van der Waals surface area contributed by atoms with Gasteiger partial charge in [0.05, 0.1) is 18.7 Å². The van der Waals surface area contributed by atoms with Crippen molar-refractivity contribution in [3.63, 3.8) is 0 Å². The van der Waals surface area contributed by atoms with Gasteiger partial charge in [-0.2, -0.15) is 0 Å². The maximum Gasteiger partial charge on any atom is 0.264 e. The van der Waals surface area contributed by atoms with E-state index in [0.29, 0.717) is 23.7 Å². The van der Waals surface area contributed by atoms with Gasteiger partial charge < -0.3 is 10.0 Å². The molecule has 0 radical (unpaired) electrons. The number of halogens is 1. The van der Waals surface area contributed by atoms with Crippen LogP contribution < -0.4 is 4.90 Å². The van der Waals surface area contributed by atoms with E-state index < -0.39 is 29.5 Å². The average molecular weight is 432 g/mol. The smallest absolute Gasteiger partial charge is 0.264 e. The number of ketones is 1. The second kappa shape index (κ2) is 8.32. The molecule has 4 nitrogen and oxygen atoms in total. The van der Waals surface area contributed by atoms with Gasteiger partial charge in [-0.05, 0) is 59.9 Å².